The van der Waals surface area contributed by atoms with Crippen molar-refractivity contribution in [2.75, 3.05) is 6.54 Å². The summed E-state index contributed by atoms with van der Waals surface area (Å²) in [5, 5.41) is 6.76. The molecular formula is C17H24N2OS. The van der Waals surface area contributed by atoms with Gasteiger partial charge in [0.15, 0.2) is 0 Å². The standard InChI is InChI=1S/C17H24N2OS/c1-4-10-18-13(3)15-8-6-7-9-16(15)20-11-14-12-21-17(5-2)19-14/h6-9,12-13,18H,4-5,10-11H2,1-3H3. The van der Waals surface area contributed by atoms with Crippen molar-refractivity contribution >= 4 is 11.3 Å². The summed E-state index contributed by atoms with van der Waals surface area (Å²) in [6.07, 6.45) is 2.12. The molecule has 0 aliphatic rings. The summed E-state index contributed by atoms with van der Waals surface area (Å²) in [6.45, 7) is 8.03. The van der Waals surface area contributed by atoms with Gasteiger partial charge in [0.05, 0.1) is 10.7 Å². The number of para-hydroxylation sites is 1. The van der Waals surface area contributed by atoms with Crippen molar-refractivity contribution in [3.63, 3.8) is 0 Å². The van der Waals surface area contributed by atoms with E-state index in [1.807, 2.05) is 12.1 Å². The molecule has 0 aliphatic carbocycles. The van der Waals surface area contributed by atoms with Crippen LogP contribution in [0.3, 0.4) is 0 Å². The maximum absolute atomic E-state index is 5.99. The minimum absolute atomic E-state index is 0.294. The Kier molecular flexibility index (Phi) is 6.21. The van der Waals surface area contributed by atoms with Crippen LogP contribution in [-0.4, -0.2) is 11.5 Å². The van der Waals surface area contributed by atoms with Crippen LogP contribution in [0.25, 0.3) is 0 Å². The van der Waals surface area contributed by atoms with Gasteiger partial charge in [-0.25, -0.2) is 4.98 Å². The van der Waals surface area contributed by atoms with Crippen LogP contribution in [0.2, 0.25) is 0 Å². The molecule has 1 heterocycles. The van der Waals surface area contributed by atoms with Crippen LogP contribution in [0.1, 0.15) is 49.5 Å². The third-order valence-corrected chi connectivity index (χ3v) is 4.41. The number of thiazole rings is 1. The maximum Gasteiger partial charge on any atom is 0.131 e. The molecule has 2 aromatic rings. The Morgan fingerprint density at radius 1 is 1.29 bits per heavy atom. The molecule has 0 saturated heterocycles. The number of ether oxygens (including phenoxy) is 1. The Morgan fingerprint density at radius 3 is 2.81 bits per heavy atom. The summed E-state index contributed by atoms with van der Waals surface area (Å²) in [5.74, 6) is 0.944. The number of rotatable bonds is 8. The Morgan fingerprint density at radius 2 is 2.10 bits per heavy atom. The van der Waals surface area contributed by atoms with Crippen LogP contribution in [-0.2, 0) is 13.0 Å². The zero-order chi connectivity index (χ0) is 15.1. The normalized spacial score (nSPS) is 12.3. The van der Waals surface area contributed by atoms with Crippen molar-refractivity contribution in [2.45, 2.75) is 46.3 Å². The van der Waals surface area contributed by atoms with Gasteiger partial charge in [-0.05, 0) is 32.4 Å². The second kappa shape index (κ2) is 8.15. The summed E-state index contributed by atoms with van der Waals surface area (Å²) in [6, 6.07) is 8.53. The number of nitrogens with one attached hydrogen (secondary N) is 1. The van der Waals surface area contributed by atoms with Crippen LogP contribution in [0.4, 0.5) is 0 Å². The van der Waals surface area contributed by atoms with Gasteiger partial charge in [-0.3, -0.25) is 0 Å². The SMILES string of the molecule is CCCNC(C)c1ccccc1OCc1csc(CC)n1. The Labute approximate surface area is 131 Å². The van der Waals surface area contributed by atoms with Crippen molar-refractivity contribution in [1.29, 1.82) is 0 Å². The maximum atomic E-state index is 5.99. The first-order valence-corrected chi connectivity index (χ1v) is 8.51. The van der Waals surface area contributed by atoms with Gasteiger partial charge in [-0.1, -0.05) is 32.0 Å². The highest BCUT2D eigenvalue weighted by Crippen LogP contribution is 2.25. The van der Waals surface area contributed by atoms with Gasteiger partial charge in [0, 0.05) is 17.0 Å². The number of aromatic nitrogens is 1. The van der Waals surface area contributed by atoms with Crippen LogP contribution in [0.5, 0.6) is 5.75 Å². The topological polar surface area (TPSA) is 34.1 Å². The molecule has 114 valence electrons. The Balaban J connectivity index is 2.02. The molecule has 1 unspecified atom stereocenters. The van der Waals surface area contributed by atoms with Gasteiger partial charge in [-0.15, -0.1) is 11.3 Å². The van der Waals surface area contributed by atoms with Crippen LogP contribution >= 0.6 is 11.3 Å². The van der Waals surface area contributed by atoms with E-state index in [1.54, 1.807) is 11.3 Å². The fourth-order valence-corrected chi connectivity index (χ4v) is 2.90. The average molecular weight is 304 g/mol. The van der Waals surface area contributed by atoms with Gasteiger partial charge >= 0.3 is 0 Å². The fraction of sp³-hybridized carbons (Fsp3) is 0.471. The Bertz CT molecular complexity index is 553. The lowest BCUT2D eigenvalue weighted by Gasteiger charge is -2.17. The molecule has 3 nitrogen and oxygen atoms in total. The number of nitrogens with zero attached hydrogens (tertiary/aromatic N) is 1. The second-order valence-electron chi connectivity index (χ2n) is 5.09. The van der Waals surface area contributed by atoms with Gasteiger partial charge in [0.1, 0.15) is 12.4 Å². The van der Waals surface area contributed by atoms with Gasteiger partial charge in [0.2, 0.25) is 0 Å². The molecule has 0 spiro atoms. The fourth-order valence-electron chi connectivity index (χ4n) is 2.17. The van der Waals surface area contributed by atoms with E-state index >= 15 is 0 Å². The van der Waals surface area contributed by atoms with Crippen LogP contribution in [0, 0.1) is 0 Å². The van der Waals surface area contributed by atoms with E-state index in [4.69, 9.17) is 4.74 Å². The summed E-state index contributed by atoms with van der Waals surface area (Å²) in [4.78, 5) is 4.55. The third-order valence-electron chi connectivity index (χ3n) is 3.36. The van der Waals surface area contributed by atoms with Crippen molar-refractivity contribution in [2.24, 2.45) is 0 Å². The van der Waals surface area contributed by atoms with Crippen molar-refractivity contribution < 1.29 is 4.74 Å². The molecule has 21 heavy (non-hydrogen) atoms. The van der Waals surface area contributed by atoms with Crippen LogP contribution in [0.15, 0.2) is 29.6 Å². The lowest BCUT2D eigenvalue weighted by atomic mass is 10.1. The molecule has 2 rings (SSSR count). The van der Waals surface area contributed by atoms with Crippen molar-refractivity contribution in [1.82, 2.24) is 10.3 Å². The molecule has 1 aromatic carbocycles. The van der Waals surface area contributed by atoms with Crippen LogP contribution < -0.4 is 10.1 Å². The molecule has 0 bridgehead atoms. The van der Waals surface area contributed by atoms with E-state index < -0.39 is 0 Å². The monoisotopic (exact) mass is 304 g/mol. The lowest BCUT2D eigenvalue weighted by Crippen LogP contribution is -2.20. The average Bonchev–Trinajstić information content (AvgIpc) is 2.99. The minimum atomic E-state index is 0.294. The number of aryl methyl sites for hydroxylation is 1. The molecule has 0 saturated carbocycles. The Hall–Kier alpha value is -1.39. The number of hydrogen-bond donors (Lipinski definition) is 1. The van der Waals surface area contributed by atoms with E-state index in [-0.39, 0.29) is 0 Å². The van der Waals surface area contributed by atoms with E-state index in [0.717, 1.165) is 30.8 Å². The molecule has 0 amide bonds. The zero-order valence-electron chi connectivity index (χ0n) is 13.1. The van der Waals surface area contributed by atoms with Gasteiger partial charge < -0.3 is 10.1 Å². The van der Waals surface area contributed by atoms with E-state index in [9.17, 15) is 0 Å². The third kappa shape index (κ3) is 4.55. The summed E-state index contributed by atoms with van der Waals surface area (Å²) < 4.78 is 5.99. The summed E-state index contributed by atoms with van der Waals surface area (Å²) >= 11 is 1.70. The second-order valence-corrected chi connectivity index (χ2v) is 6.03. The van der Waals surface area contributed by atoms with E-state index in [2.05, 4.69) is 48.6 Å². The summed E-state index contributed by atoms with van der Waals surface area (Å²) in [5.41, 5.74) is 2.22. The van der Waals surface area contributed by atoms with E-state index in [0.29, 0.717) is 12.6 Å². The molecule has 1 N–H and O–H groups in total. The first-order chi connectivity index (χ1) is 10.2. The highest BCUT2D eigenvalue weighted by atomic mass is 32.1. The molecule has 1 atom stereocenters. The quantitative estimate of drug-likeness (QED) is 0.787. The first kappa shape index (κ1) is 16.0. The highest BCUT2D eigenvalue weighted by molar-refractivity contribution is 7.09. The molecule has 0 aliphatic heterocycles. The first-order valence-electron chi connectivity index (χ1n) is 7.63. The zero-order valence-corrected chi connectivity index (χ0v) is 13.9. The highest BCUT2D eigenvalue weighted by Gasteiger charge is 2.11. The molecular weight excluding hydrogens is 280 g/mol. The smallest absolute Gasteiger partial charge is 0.131 e. The molecule has 4 heteroatoms. The molecule has 0 radical (unpaired) electrons. The predicted molar refractivity (Wildman–Crippen MR) is 89.0 cm³/mol. The number of benzene rings is 1. The molecule has 0 fully saturated rings. The summed E-state index contributed by atoms with van der Waals surface area (Å²) in [7, 11) is 0. The lowest BCUT2D eigenvalue weighted by molar-refractivity contribution is 0.295. The van der Waals surface area contributed by atoms with E-state index in [1.165, 1.54) is 10.6 Å². The van der Waals surface area contributed by atoms with Crippen molar-refractivity contribution in [3.05, 3.63) is 45.9 Å². The van der Waals surface area contributed by atoms with Crippen molar-refractivity contribution in [3.8, 4) is 5.75 Å². The minimum Gasteiger partial charge on any atom is -0.487 e. The predicted octanol–water partition coefficient (Wildman–Crippen LogP) is 4.35. The molecule has 1 aromatic heterocycles. The largest absolute Gasteiger partial charge is 0.487 e. The van der Waals surface area contributed by atoms with Gasteiger partial charge in [-0.2, -0.15) is 0 Å². The number of hydrogen-bond acceptors (Lipinski definition) is 4. The van der Waals surface area contributed by atoms with Gasteiger partial charge in [0.25, 0.3) is 0 Å².